The zero-order valence-corrected chi connectivity index (χ0v) is 12.8. The van der Waals surface area contributed by atoms with Gasteiger partial charge >= 0.3 is 0 Å². The maximum Gasteiger partial charge on any atom is 0.251 e. The average molecular weight is 292 g/mol. The van der Waals surface area contributed by atoms with E-state index >= 15 is 0 Å². The van der Waals surface area contributed by atoms with Crippen molar-refractivity contribution in [3.63, 3.8) is 0 Å². The third-order valence-corrected chi connectivity index (χ3v) is 3.48. The fraction of sp³-hybridized carbons (Fsp3) is 0.562. The molecule has 1 fully saturated rings. The zero-order chi connectivity index (χ0) is 15.1. The lowest BCUT2D eigenvalue weighted by Gasteiger charge is -2.14. The highest BCUT2D eigenvalue weighted by atomic mass is 16.5. The molecule has 0 unspecified atom stereocenters. The van der Waals surface area contributed by atoms with Crippen LogP contribution in [0.1, 0.15) is 23.2 Å². The Bertz CT molecular complexity index is 457. The van der Waals surface area contributed by atoms with Crippen LogP contribution >= 0.6 is 0 Å². The Morgan fingerprint density at radius 3 is 3.05 bits per heavy atom. The minimum absolute atomic E-state index is 0.0700. The van der Waals surface area contributed by atoms with Crippen molar-refractivity contribution < 1.29 is 14.3 Å². The molecule has 0 aliphatic carbocycles. The van der Waals surface area contributed by atoms with Crippen LogP contribution in [0.15, 0.2) is 24.3 Å². The summed E-state index contributed by atoms with van der Waals surface area (Å²) in [6, 6.07) is 7.55. The highest BCUT2D eigenvalue weighted by Gasteiger charge is 2.15. The summed E-state index contributed by atoms with van der Waals surface area (Å²) in [6.07, 6.45) is 2.42. The van der Waals surface area contributed by atoms with E-state index in [0.29, 0.717) is 25.3 Å². The zero-order valence-electron chi connectivity index (χ0n) is 12.8. The quantitative estimate of drug-likeness (QED) is 0.777. The fourth-order valence-electron chi connectivity index (χ4n) is 2.25. The first kappa shape index (κ1) is 15.8. The number of hydrogen-bond acceptors (Lipinski definition) is 4. The minimum atomic E-state index is -0.0700. The molecule has 0 bridgehead atoms. The molecule has 1 N–H and O–H groups in total. The van der Waals surface area contributed by atoms with Crippen molar-refractivity contribution in [1.82, 2.24) is 5.32 Å². The molecule has 0 radical (unpaired) electrons. The second-order valence-electron chi connectivity index (χ2n) is 5.41. The van der Waals surface area contributed by atoms with Crippen LogP contribution in [-0.4, -0.2) is 52.5 Å². The van der Waals surface area contributed by atoms with Gasteiger partial charge in [-0.25, -0.2) is 0 Å². The van der Waals surface area contributed by atoms with Gasteiger partial charge in [-0.15, -0.1) is 0 Å². The Morgan fingerprint density at radius 2 is 2.33 bits per heavy atom. The number of anilines is 1. The Balaban J connectivity index is 1.68. The van der Waals surface area contributed by atoms with Gasteiger partial charge in [0.1, 0.15) is 0 Å². The first-order valence-corrected chi connectivity index (χ1v) is 7.42. The molecule has 1 atom stereocenters. The summed E-state index contributed by atoms with van der Waals surface area (Å²) in [6.45, 7) is 2.48. The molecular weight excluding hydrogens is 268 g/mol. The van der Waals surface area contributed by atoms with Gasteiger partial charge in [0.25, 0.3) is 5.91 Å². The summed E-state index contributed by atoms with van der Waals surface area (Å²) in [5.41, 5.74) is 1.68. The van der Waals surface area contributed by atoms with E-state index in [-0.39, 0.29) is 12.0 Å². The number of benzene rings is 1. The third kappa shape index (κ3) is 5.02. The molecule has 1 amide bonds. The number of ether oxygens (including phenoxy) is 2. The summed E-state index contributed by atoms with van der Waals surface area (Å²) < 4.78 is 11.0. The molecule has 21 heavy (non-hydrogen) atoms. The topological polar surface area (TPSA) is 50.8 Å². The molecule has 1 aromatic carbocycles. The van der Waals surface area contributed by atoms with E-state index in [1.165, 1.54) is 0 Å². The first-order valence-electron chi connectivity index (χ1n) is 7.42. The number of carbonyl (C=O) groups is 1. The summed E-state index contributed by atoms with van der Waals surface area (Å²) in [7, 11) is 3.91. The molecular formula is C16H24N2O3. The van der Waals surface area contributed by atoms with Crippen LogP contribution in [0.25, 0.3) is 0 Å². The molecule has 1 aliphatic heterocycles. The molecule has 1 heterocycles. The van der Waals surface area contributed by atoms with Gasteiger partial charge in [-0.05, 0) is 31.0 Å². The van der Waals surface area contributed by atoms with Gasteiger partial charge in [-0.3, -0.25) is 4.79 Å². The molecule has 5 heteroatoms. The average Bonchev–Trinajstić information content (AvgIpc) is 3.00. The van der Waals surface area contributed by atoms with E-state index in [0.717, 1.165) is 25.1 Å². The molecule has 1 aliphatic rings. The van der Waals surface area contributed by atoms with Crippen LogP contribution in [0.3, 0.4) is 0 Å². The van der Waals surface area contributed by atoms with Gasteiger partial charge in [0.15, 0.2) is 0 Å². The van der Waals surface area contributed by atoms with E-state index in [9.17, 15) is 4.79 Å². The van der Waals surface area contributed by atoms with Crippen molar-refractivity contribution in [1.29, 1.82) is 0 Å². The molecule has 5 nitrogen and oxygen atoms in total. The number of rotatable bonds is 7. The van der Waals surface area contributed by atoms with Gasteiger partial charge in [-0.1, -0.05) is 6.07 Å². The molecule has 0 saturated carbocycles. The summed E-state index contributed by atoms with van der Waals surface area (Å²) in [4.78, 5) is 14.0. The summed E-state index contributed by atoms with van der Waals surface area (Å²) in [5.74, 6) is -0.0700. The van der Waals surface area contributed by atoms with E-state index in [1.54, 1.807) is 0 Å². The Labute approximate surface area is 126 Å². The standard InChI is InChI=1S/C16H24N2O3/c1-18(2)14-6-3-5-13(11-14)16(19)17-8-10-20-12-15-7-4-9-21-15/h3,5-6,11,15H,4,7-10,12H2,1-2H3,(H,17,19)/t15-/m1/s1. The second kappa shape index (κ2) is 8.00. The van der Waals surface area contributed by atoms with E-state index in [2.05, 4.69) is 5.32 Å². The van der Waals surface area contributed by atoms with Crippen LogP contribution in [0.2, 0.25) is 0 Å². The van der Waals surface area contributed by atoms with Crippen molar-refractivity contribution >= 4 is 11.6 Å². The number of nitrogens with zero attached hydrogens (tertiary/aromatic N) is 1. The largest absolute Gasteiger partial charge is 0.378 e. The van der Waals surface area contributed by atoms with Crippen molar-refractivity contribution in [3.05, 3.63) is 29.8 Å². The lowest BCUT2D eigenvalue weighted by Crippen LogP contribution is -2.28. The van der Waals surface area contributed by atoms with Gasteiger partial charge < -0.3 is 19.7 Å². The van der Waals surface area contributed by atoms with Crippen molar-refractivity contribution in [2.24, 2.45) is 0 Å². The van der Waals surface area contributed by atoms with Gasteiger partial charge in [0.2, 0.25) is 0 Å². The molecule has 0 spiro atoms. The smallest absolute Gasteiger partial charge is 0.251 e. The lowest BCUT2D eigenvalue weighted by atomic mass is 10.2. The summed E-state index contributed by atoms with van der Waals surface area (Å²) >= 11 is 0. The SMILES string of the molecule is CN(C)c1cccc(C(=O)NCCOC[C@H]2CCCO2)c1. The van der Waals surface area contributed by atoms with Crippen LogP contribution in [0.4, 0.5) is 5.69 Å². The van der Waals surface area contributed by atoms with E-state index in [1.807, 2.05) is 43.3 Å². The first-order chi connectivity index (χ1) is 10.2. The number of amides is 1. The molecule has 116 valence electrons. The number of hydrogen-bond donors (Lipinski definition) is 1. The number of nitrogens with one attached hydrogen (secondary N) is 1. The third-order valence-electron chi connectivity index (χ3n) is 3.48. The maximum absolute atomic E-state index is 12.0. The van der Waals surface area contributed by atoms with E-state index in [4.69, 9.17) is 9.47 Å². The Hall–Kier alpha value is -1.59. The minimum Gasteiger partial charge on any atom is -0.378 e. The van der Waals surface area contributed by atoms with Crippen LogP contribution in [0, 0.1) is 0 Å². The van der Waals surface area contributed by atoms with Crippen LogP contribution in [0.5, 0.6) is 0 Å². The predicted octanol–water partition coefficient (Wildman–Crippen LogP) is 1.68. The van der Waals surface area contributed by atoms with E-state index < -0.39 is 0 Å². The van der Waals surface area contributed by atoms with Crippen LogP contribution in [-0.2, 0) is 9.47 Å². The normalized spacial score (nSPS) is 17.7. The van der Waals surface area contributed by atoms with Gasteiger partial charge in [-0.2, -0.15) is 0 Å². The number of carbonyl (C=O) groups excluding carboxylic acids is 1. The summed E-state index contributed by atoms with van der Waals surface area (Å²) in [5, 5.41) is 2.87. The molecule has 1 aromatic rings. The molecule has 2 rings (SSSR count). The monoisotopic (exact) mass is 292 g/mol. The lowest BCUT2D eigenvalue weighted by molar-refractivity contribution is 0.0183. The second-order valence-corrected chi connectivity index (χ2v) is 5.41. The Morgan fingerprint density at radius 1 is 1.48 bits per heavy atom. The molecule has 1 saturated heterocycles. The predicted molar refractivity (Wildman–Crippen MR) is 82.9 cm³/mol. The van der Waals surface area contributed by atoms with Crippen molar-refractivity contribution in [2.75, 3.05) is 45.4 Å². The van der Waals surface area contributed by atoms with Crippen molar-refractivity contribution in [3.8, 4) is 0 Å². The molecule has 0 aromatic heterocycles. The van der Waals surface area contributed by atoms with Crippen LogP contribution < -0.4 is 10.2 Å². The highest BCUT2D eigenvalue weighted by molar-refractivity contribution is 5.95. The fourth-order valence-corrected chi connectivity index (χ4v) is 2.25. The van der Waals surface area contributed by atoms with Crippen molar-refractivity contribution in [2.45, 2.75) is 18.9 Å². The van der Waals surface area contributed by atoms with Gasteiger partial charge in [0.05, 0.1) is 19.3 Å². The van der Waals surface area contributed by atoms with Gasteiger partial charge in [0, 0.05) is 38.5 Å². The maximum atomic E-state index is 12.0. The highest BCUT2D eigenvalue weighted by Crippen LogP contribution is 2.13. The Kier molecular flexibility index (Phi) is 6.02.